The third-order valence-corrected chi connectivity index (χ3v) is 2.27. The standard InChI is InChI=1S/C8H4Cl2FNO2/c9-4-1-2-6-5(3-4)8(10,11)14-7(13)12-6/h1-3H,(H,12,13). The lowest BCUT2D eigenvalue weighted by Gasteiger charge is -2.26. The predicted molar refractivity (Wildman–Crippen MR) is 50.2 cm³/mol. The zero-order valence-corrected chi connectivity index (χ0v) is 8.19. The second-order valence-electron chi connectivity index (χ2n) is 2.72. The first-order valence-corrected chi connectivity index (χ1v) is 4.42. The van der Waals surface area contributed by atoms with Crippen molar-refractivity contribution >= 4 is 35.0 Å². The van der Waals surface area contributed by atoms with Crippen molar-refractivity contribution in [1.82, 2.24) is 0 Å². The molecule has 1 N–H and O–H groups in total. The van der Waals surface area contributed by atoms with Crippen LogP contribution in [0, 0.1) is 0 Å². The molecule has 3 nitrogen and oxygen atoms in total. The Morgan fingerprint density at radius 1 is 1.50 bits per heavy atom. The summed E-state index contributed by atoms with van der Waals surface area (Å²) in [7, 11) is 0. The molecule has 1 aromatic carbocycles. The lowest BCUT2D eigenvalue weighted by atomic mass is 10.1. The van der Waals surface area contributed by atoms with Gasteiger partial charge in [-0.25, -0.2) is 4.79 Å². The second kappa shape index (κ2) is 3.00. The first-order chi connectivity index (χ1) is 6.49. The van der Waals surface area contributed by atoms with E-state index < -0.39 is 11.4 Å². The van der Waals surface area contributed by atoms with Crippen LogP contribution in [-0.2, 0) is 10.1 Å². The Labute approximate surface area is 88.8 Å². The van der Waals surface area contributed by atoms with Crippen molar-refractivity contribution in [2.45, 2.75) is 5.31 Å². The molecule has 0 saturated heterocycles. The molecule has 1 aliphatic heterocycles. The number of hydrogen-bond donors (Lipinski definition) is 1. The number of nitrogens with one attached hydrogen (secondary N) is 1. The molecule has 1 atom stereocenters. The van der Waals surface area contributed by atoms with Gasteiger partial charge in [-0.15, -0.1) is 0 Å². The monoisotopic (exact) mass is 235 g/mol. The van der Waals surface area contributed by atoms with E-state index in [1.54, 1.807) is 0 Å². The maximum absolute atomic E-state index is 13.5. The van der Waals surface area contributed by atoms with Crippen LogP contribution in [0.15, 0.2) is 18.2 Å². The minimum absolute atomic E-state index is 0.00809. The predicted octanol–water partition coefficient (Wildman–Crippen LogP) is 3.22. The summed E-state index contributed by atoms with van der Waals surface area (Å²) in [6.07, 6.45) is -0.933. The molecule has 0 radical (unpaired) electrons. The fourth-order valence-electron chi connectivity index (χ4n) is 1.17. The molecule has 1 heterocycles. The highest BCUT2D eigenvalue weighted by molar-refractivity contribution is 6.31. The van der Waals surface area contributed by atoms with E-state index in [4.69, 9.17) is 23.2 Å². The van der Waals surface area contributed by atoms with Crippen LogP contribution in [0.2, 0.25) is 5.02 Å². The van der Waals surface area contributed by atoms with E-state index in [-0.39, 0.29) is 11.3 Å². The fraction of sp³-hybridized carbons (Fsp3) is 0.125. The fourth-order valence-corrected chi connectivity index (χ4v) is 1.57. The normalized spacial score (nSPS) is 24.9. The molecule has 1 aromatic rings. The van der Waals surface area contributed by atoms with Gasteiger partial charge in [-0.05, 0) is 29.8 Å². The Hall–Kier alpha value is -1.00. The lowest BCUT2D eigenvalue weighted by molar-refractivity contribution is -0.0250. The first-order valence-electron chi connectivity index (χ1n) is 3.67. The van der Waals surface area contributed by atoms with E-state index in [1.165, 1.54) is 18.2 Å². The van der Waals surface area contributed by atoms with E-state index in [0.29, 0.717) is 5.02 Å². The third kappa shape index (κ3) is 1.51. The molecule has 1 amide bonds. The van der Waals surface area contributed by atoms with Gasteiger partial charge < -0.3 is 4.74 Å². The molecule has 0 aliphatic carbocycles. The number of benzene rings is 1. The highest BCUT2D eigenvalue weighted by atomic mass is 35.5. The molecule has 0 saturated carbocycles. The van der Waals surface area contributed by atoms with Crippen LogP contribution in [0.5, 0.6) is 0 Å². The number of halogens is 3. The van der Waals surface area contributed by atoms with Gasteiger partial charge in [-0.3, -0.25) is 5.32 Å². The van der Waals surface area contributed by atoms with Crippen LogP contribution >= 0.6 is 23.2 Å². The summed E-state index contributed by atoms with van der Waals surface area (Å²) in [6, 6.07) is 4.26. The Kier molecular flexibility index (Phi) is 2.05. The summed E-state index contributed by atoms with van der Waals surface area (Å²) in [5, 5.41) is -0.0405. The quantitative estimate of drug-likeness (QED) is 0.702. The number of amides is 1. The number of alkyl halides is 2. The molecule has 1 aliphatic rings. The number of anilines is 1. The molecular formula is C8H4Cl2FNO2. The Balaban J connectivity index is 2.58. The maximum Gasteiger partial charge on any atom is 0.415 e. The summed E-state index contributed by atoms with van der Waals surface area (Å²) in [5.41, 5.74) is 0.245. The van der Waals surface area contributed by atoms with Gasteiger partial charge in [0.1, 0.15) is 0 Å². The SMILES string of the molecule is O=C1Nc2ccc(Cl)cc2C(F)(Cl)O1. The molecule has 0 aromatic heterocycles. The minimum Gasteiger partial charge on any atom is -0.393 e. The van der Waals surface area contributed by atoms with Crippen molar-refractivity contribution in [3.63, 3.8) is 0 Å². The average molecular weight is 236 g/mol. The summed E-state index contributed by atoms with van der Waals surface area (Å²) < 4.78 is 17.8. The summed E-state index contributed by atoms with van der Waals surface area (Å²) in [4.78, 5) is 10.8. The van der Waals surface area contributed by atoms with Gasteiger partial charge in [-0.2, -0.15) is 4.39 Å². The number of ether oxygens (including phenoxy) is 1. The number of carbonyl (C=O) groups is 1. The molecule has 74 valence electrons. The van der Waals surface area contributed by atoms with Crippen molar-refractivity contribution in [2.24, 2.45) is 0 Å². The van der Waals surface area contributed by atoms with E-state index in [2.05, 4.69) is 10.1 Å². The van der Waals surface area contributed by atoms with Gasteiger partial charge in [0.2, 0.25) is 0 Å². The molecule has 0 fully saturated rings. The van der Waals surface area contributed by atoms with Crippen molar-refractivity contribution in [2.75, 3.05) is 5.32 Å². The molecule has 14 heavy (non-hydrogen) atoms. The third-order valence-electron chi connectivity index (χ3n) is 1.75. The van der Waals surface area contributed by atoms with Crippen LogP contribution in [0.1, 0.15) is 5.56 Å². The van der Waals surface area contributed by atoms with Crippen molar-refractivity contribution < 1.29 is 13.9 Å². The minimum atomic E-state index is -2.65. The van der Waals surface area contributed by atoms with E-state index in [1.807, 2.05) is 0 Å². The summed E-state index contributed by atoms with van der Waals surface area (Å²) >= 11 is 11.0. The van der Waals surface area contributed by atoms with E-state index in [0.717, 1.165) is 0 Å². The van der Waals surface area contributed by atoms with Gasteiger partial charge in [0.25, 0.3) is 0 Å². The number of hydrogen-bond acceptors (Lipinski definition) is 2. The Bertz CT molecular complexity index is 408. The average Bonchev–Trinajstić information content (AvgIpc) is 2.05. The van der Waals surface area contributed by atoms with Crippen LogP contribution < -0.4 is 5.32 Å². The topological polar surface area (TPSA) is 38.3 Å². The molecule has 2 rings (SSSR count). The maximum atomic E-state index is 13.5. The van der Waals surface area contributed by atoms with Crippen LogP contribution in [0.3, 0.4) is 0 Å². The molecule has 6 heteroatoms. The summed E-state index contributed by atoms with van der Waals surface area (Å²) in [6.45, 7) is 0. The highest BCUT2D eigenvalue weighted by Crippen LogP contribution is 2.41. The molecule has 0 bridgehead atoms. The van der Waals surface area contributed by atoms with Crippen LogP contribution in [0.25, 0.3) is 0 Å². The zero-order valence-electron chi connectivity index (χ0n) is 6.68. The highest BCUT2D eigenvalue weighted by Gasteiger charge is 2.40. The molecule has 0 spiro atoms. The number of rotatable bonds is 0. The van der Waals surface area contributed by atoms with Crippen molar-refractivity contribution in [1.29, 1.82) is 0 Å². The van der Waals surface area contributed by atoms with Gasteiger partial charge >= 0.3 is 11.4 Å². The Morgan fingerprint density at radius 3 is 2.93 bits per heavy atom. The van der Waals surface area contributed by atoms with Gasteiger partial charge in [0, 0.05) is 5.02 Å². The Morgan fingerprint density at radius 2 is 2.21 bits per heavy atom. The van der Waals surface area contributed by atoms with Crippen molar-refractivity contribution in [3.05, 3.63) is 28.8 Å². The largest absolute Gasteiger partial charge is 0.415 e. The lowest BCUT2D eigenvalue weighted by Crippen LogP contribution is -2.31. The number of fused-ring (bicyclic) bond motifs is 1. The first kappa shape index (κ1) is 9.55. The zero-order chi connectivity index (χ0) is 10.3. The van der Waals surface area contributed by atoms with Crippen molar-refractivity contribution in [3.8, 4) is 0 Å². The van der Waals surface area contributed by atoms with Gasteiger partial charge in [0.05, 0.1) is 11.3 Å². The number of carbonyl (C=O) groups excluding carboxylic acids is 1. The van der Waals surface area contributed by atoms with Crippen LogP contribution in [-0.4, -0.2) is 6.09 Å². The van der Waals surface area contributed by atoms with E-state index >= 15 is 0 Å². The molecular weight excluding hydrogens is 232 g/mol. The number of cyclic esters (lactones) is 1. The van der Waals surface area contributed by atoms with E-state index in [9.17, 15) is 9.18 Å². The van der Waals surface area contributed by atoms with Gasteiger partial charge in [-0.1, -0.05) is 11.6 Å². The second-order valence-corrected chi connectivity index (χ2v) is 3.64. The van der Waals surface area contributed by atoms with Gasteiger partial charge in [0.15, 0.2) is 0 Å². The van der Waals surface area contributed by atoms with Crippen LogP contribution in [0.4, 0.5) is 14.9 Å². The smallest absolute Gasteiger partial charge is 0.393 e. The summed E-state index contributed by atoms with van der Waals surface area (Å²) in [5.74, 6) is 0. The molecule has 1 unspecified atom stereocenters.